The van der Waals surface area contributed by atoms with Gasteiger partial charge >= 0.3 is 0 Å². The van der Waals surface area contributed by atoms with Crippen LogP contribution in [0.3, 0.4) is 0 Å². The van der Waals surface area contributed by atoms with Crippen LogP contribution < -0.4 is 41.5 Å². The smallest absolute Gasteiger partial charge is 0.114 e. The van der Waals surface area contributed by atoms with E-state index in [0.717, 1.165) is 79.8 Å². The van der Waals surface area contributed by atoms with Gasteiger partial charge in [-0.2, -0.15) is 0 Å². The number of hydrogen-bond donors (Lipinski definition) is 0. The number of para-hydroxylation sites is 3. The molecule has 0 atom stereocenters. The third kappa shape index (κ3) is 21.6. The zero-order chi connectivity index (χ0) is 89.4. The van der Waals surface area contributed by atoms with Gasteiger partial charge in [0.25, 0.3) is 0 Å². The van der Waals surface area contributed by atoms with Gasteiger partial charge in [0, 0.05) is 121 Å². The fourth-order valence-electron chi connectivity index (χ4n) is 17.2. The first kappa shape index (κ1) is 96.2. The van der Waals surface area contributed by atoms with Crippen LogP contribution in [0.15, 0.2) is 431 Å². The Kier molecular flexibility index (Phi) is 31.9. The summed E-state index contributed by atoms with van der Waals surface area (Å²) in [5.41, 5.74) is 21.0. The molecule has 0 N–H and O–H groups in total. The van der Waals surface area contributed by atoms with Gasteiger partial charge in [-0.3, -0.25) is 0 Å². The second kappa shape index (κ2) is 44.1. The normalized spacial score (nSPS) is 11.6. The maximum Gasteiger partial charge on any atom is 0.114 e. The van der Waals surface area contributed by atoms with Crippen LogP contribution >= 0.6 is 0 Å². The van der Waals surface area contributed by atoms with Crippen LogP contribution in [0.4, 0.5) is 0 Å². The number of pyridine rings is 6. The van der Waals surface area contributed by atoms with E-state index >= 15 is 0 Å². The van der Waals surface area contributed by atoms with Crippen LogP contribution in [0.1, 0.15) is 6.92 Å². The molecule has 1 aliphatic rings. The fourth-order valence-corrected chi connectivity index (χ4v) is 27.0. The van der Waals surface area contributed by atoms with E-state index in [9.17, 15) is 0 Å². The van der Waals surface area contributed by atoms with Crippen molar-refractivity contribution in [3.8, 4) is 84.4 Å². The molecule has 0 saturated heterocycles. The minimum atomic E-state index is -1.78. The average Bonchev–Trinajstić information content (AvgIpc) is 1.60. The number of fused-ring (bicyclic) bond motifs is 9. The van der Waals surface area contributed by atoms with E-state index in [1.54, 1.807) is 18.6 Å². The summed E-state index contributed by atoms with van der Waals surface area (Å²) < 4.78 is 4.71. The number of benzene rings is 13. The first-order valence-corrected chi connectivity index (χ1v) is 56.3. The molecule has 0 unspecified atom stereocenters. The zero-order valence-corrected chi connectivity index (χ0v) is 87.0. The fraction of sp³-hybridized carbons (Fsp3) is 0.0847. The summed E-state index contributed by atoms with van der Waals surface area (Å²) in [7, 11) is -6.91. The molecule has 661 valence electrons. The van der Waals surface area contributed by atoms with Crippen LogP contribution in [-0.4, -0.2) is 71.3 Å². The Bertz CT molecular complexity index is 7030. The van der Waals surface area contributed by atoms with Gasteiger partial charge < -0.3 is 39.0 Å². The molecule has 8 nitrogen and oxygen atoms in total. The van der Waals surface area contributed by atoms with E-state index in [0.29, 0.717) is 0 Å². The molecule has 0 spiro atoms. The third-order valence-electron chi connectivity index (χ3n) is 24.9. The molecule has 0 bridgehead atoms. The van der Waals surface area contributed by atoms with E-state index < -0.39 is 32.3 Å². The van der Waals surface area contributed by atoms with Crippen molar-refractivity contribution in [1.82, 2.24) is 39.0 Å². The summed E-state index contributed by atoms with van der Waals surface area (Å²) in [5, 5.41) is 16.4. The van der Waals surface area contributed by atoms with Crippen LogP contribution in [0.2, 0.25) is 52.4 Å². The molecular weight excluding hydrogens is 2220 g/mol. The van der Waals surface area contributed by atoms with E-state index in [2.05, 4.69) is 405 Å². The summed E-state index contributed by atoms with van der Waals surface area (Å²) in [6.07, 6.45) is 11.6. The Balaban J connectivity index is 0.000000134. The van der Waals surface area contributed by atoms with Crippen molar-refractivity contribution in [2.75, 3.05) is 0 Å². The summed E-state index contributed by atoms with van der Waals surface area (Å²) in [4.78, 5) is 27.3. The molecule has 15 heteroatoms. The van der Waals surface area contributed by atoms with E-state index in [4.69, 9.17) is 15.0 Å². The number of aromatic nitrogens is 8. The van der Waals surface area contributed by atoms with Crippen LogP contribution in [0.5, 0.6) is 0 Å². The maximum absolute atomic E-state index is 4.90. The Morgan fingerprint density at radius 2 is 0.609 bits per heavy atom. The molecule has 21 aromatic rings. The van der Waals surface area contributed by atoms with Crippen molar-refractivity contribution < 1.29 is 60.3 Å². The predicted octanol–water partition coefficient (Wildman–Crippen LogP) is 23.8. The molecule has 0 saturated carbocycles. The monoisotopic (exact) mass is 2320 g/mol. The van der Waals surface area contributed by atoms with Gasteiger partial charge in [-0.05, 0) is 121 Å². The second-order valence-electron chi connectivity index (χ2n) is 34.3. The molecule has 22 rings (SSSR count). The zero-order valence-electron chi connectivity index (χ0n) is 75.8. The molecular formula is C118H100Ir3N8Si4-6. The Hall–Kier alpha value is -12.8. The van der Waals surface area contributed by atoms with Crippen LogP contribution in [0.25, 0.3) is 128 Å². The van der Waals surface area contributed by atoms with Crippen molar-refractivity contribution in [3.05, 3.63) is 468 Å². The topological polar surface area (TPSA) is 87.2 Å². The largest absolute Gasteiger partial charge is 0.359 e. The van der Waals surface area contributed by atoms with E-state index in [1.165, 1.54) is 96.2 Å². The first-order valence-electron chi connectivity index (χ1n) is 44.3. The van der Waals surface area contributed by atoms with Crippen molar-refractivity contribution in [2.45, 2.75) is 65.8 Å². The van der Waals surface area contributed by atoms with Gasteiger partial charge in [-0.15, -0.1) is 184 Å². The molecule has 9 heterocycles. The Labute approximate surface area is 827 Å². The molecule has 133 heavy (non-hydrogen) atoms. The Morgan fingerprint density at radius 1 is 0.263 bits per heavy atom. The molecule has 8 aromatic heterocycles. The van der Waals surface area contributed by atoms with E-state index in [-0.39, 0.29) is 60.3 Å². The van der Waals surface area contributed by atoms with Crippen LogP contribution in [0, 0.1) is 36.4 Å². The summed E-state index contributed by atoms with van der Waals surface area (Å²) >= 11 is 0. The number of aryl methyl sites for hydroxylation is 1. The minimum absolute atomic E-state index is 0. The third-order valence-corrected chi connectivity index (χ3v) is 39.0. The number of rotatable bonds is 14. The van der Waals surface area contributed by atoms with Crippen molar-refractivity contribution in [2.24, 2.45) is 0 Å². The van der Waals surface area contributed by atoms with Gasteiger partial charge in [0.1, 0.15) is 24.2 Å². The van der Waals surface area contributed by atoms with Gasteiger partial charge in [0.05, 0.1) is 8.07 Å². The van der Waals surface area contributed by atoms with Gasteiger partial charge in [-0.25, -0.2) is 0 Å². The summed E-state index contributed by atoms with van der Waals surface area (Å²) in [5.74, 6) is 0. The van der Waals surface area contributed by atoms with Crippen molar-refractivity contribution in [1.29, 1.82) is 0 Å². The molecule has 1 aliphatic heterocycles. The van der Waals surface area contributed by atoms with E-state index in [1.807, 2.05) is 127 Å². The van der Waals surface area contributed by atoms with Gasteiger partial charge in [0.15, 0.2) is 0 Å². The number of hydrogen-bond acceptors (Lipinski definition) is 6. The van der Waals surface area contributed by atoms with Gasteiger partial charge in [0.2, 0.25) is 0 Å². The molecule has 13 aromatic carbocycles. The second-order valence-corrected chi connectivity index (χ2v) is 51.9. The number of nitrogens with zero attached hydrogens (tertiary/aromatic N) is 8. The van der Waals surface area contributed by atoms with Crippen molar-refractivity contribution >= 4 is 117 Å². The first-order chi connectivity index (χ1) is 63.5. The van der Waals surface area contributed by atoms with Crippen molar-refractivity contribution in [3.63, 3.8) is 0 Å². The molecule has 3 radical (unpaired) electrons. The van der Waals surface area contributed by atoms with Gasteiger partial charge in [-0.1, -0.05) is 338 Å². The molecule has 0 fully saturated rings. The standard InChI is InChI=1S/C31H25N2Si.C27H25N2Si.C27H26NSi2.3C11H8N.3Ir/c1-34(2,25-13-7-4-8-14-25)26-18-20-29(32-22-26)23-17-19-28-27-15-9-10-16-30(27)33(31(28)21-23)24-11-5-3-6-12-24;1-4-29-26-13-9-8-12-23(26)24-16-14-20(18-27(24)29)25-17-15-22(19-28-25)30(2,3)21-10-6-5-7-11-21;1-29(2,21-10-6-5-7-11-21)22-15-17-25(28-19-22)20-14-16-24-23-12-8-9-13-26(23)30(3,4)27(24)18-20;3*1-2-6-10(7-3-1)11-8-4-5-9-12-11;;;/h3-16,18-22H,1-2H3;5-13,15-19H,4H2,1-3H3;5-13,15-19H,1-4H3;3*1-6,8-9H;;;/q6*-1;;;. The quantitative estimate of drug-likeness (QED) is 0.0796. The Morgan fingerprint density at radius 3 is 1.01 bits per heavy atom. The van der Waals surface area contributed by atoms with Crippen LogP contribution in [-0.2, 0) is 66.9 Å². The molecule has 0 amide bonds. The SMILES string of the molecule is CCn1c2ccccc2c2c[c-]c(-c3ccc([Si](C)(C)c4ccccc4)cn3)cc21.C[Si](C)(c1ccccc1)c1ccc(-c2[c-]cc3c(c2)[Si](C)(C)c2ccccc2-3)nc1.C[Si](C)(c1ccccc1)c1ccc(-c2[c-]cc3c4ccccc4n(-c4ccccc4)c3c2)nc1.[Ir].[Ir].[Ir].[c-]1ccccc1-c1ccccn1.[c-]1ccccc1-c1ccccn1.[c-]1ccccc1-c1ccccn1. The molecule has 0 aliphatic carbocycles. The minimum Gasteiger partial charge on any atom is -0.359 e. The predicted molar refractivity (Wildman–Crippen MR) is 556 cm³/mol. The summed E-state index contributed by atoms with van der Waals surface area (Å²) in [6.45, 7) is 22.4. The average molecular weight is 2320 g/mol. The summed E-state index contributed by atoms with van der Waals surface area (Å²) in [6, 6.07) is 157. The maximum atomic E-state index is 4.90.